The first kappa shape index (κ1) is 70.4. The van der Waals surface area contributed by atoms with Gasteiger partial charge in [0.2, 0.25) is 0 Å². The Balaban J connectivity index is 4.26. The van der Waals surface area contributed by atoms with Gasteiger partial charge in [0.05, 0.1) is 0 Å². The molecule has 0 saturated carbocycles. The van der Waals surface area contributed by atoms with Gasteiger partial charge in [0.15, 0.2) is 6.10 Å². The van der Waals surface area contributed by atoms with Gasteiger partial charge in [-0.2, -0.15) is 0 Å². The van der Waals surface area contributed by atoms with Crippen molar-refractivity contribution in [2.45, 2.75) is 348 Å². The molecule has 0 fully saturated rings. The minimum absolute atomic E-state index is 0.0718. The predicted octanol–water partition coefficient (Wildman–Crippen LogP) is 21.8. The number of carbonyl (C=O) groups is 3. The van der Waals surface area contributed by atoms with Gasteiger partial charge in [0.25, 0.3) is 0 Å². The normalized spacial score (nSPS) is 12.3. The molecule has 0 saturated heterocycles. The number of rotatable bonds is 59. The molecule has 0 radical (unpaired) electrons. The highest BCUT2D eigenvalue weighted by Crippen LogP contribution is 2.17. The van der Waals surface area contributed by atoms with E-state index in [4.69, 9.17) is 14.2 Å². The quantitative estimate of drug-likeness (QED) is 0.0261. The van der Waals surface area contributed by atoms with Gasteiger partial charge in [-0.3, -0.25) is 14.4 Å². The molecule has 6 nitrogen and oxygen atoms in total. The molecule has 426 valence electrons. The van der Waals surface area contributed by atoms with Gasteiger partial charge in [-0.05, 0) is 83.5 Å². The summed E-state index contributed by atoms with van der Waals surface area (Å²) >= 11 is 0. The van der Waals surface area contributed by atoms with Crippen molar-refractivity contribution in [1.29, 1.82) is 0 Å². The van der Waals surface area contributed by atoms with Crippen molar-refractivity contribution in [2.24, 2.45) is 0 Å². The lowest BCUT2D eigenvalue weighted by Crippen LogP contribution is -2.30. The molecular formula is C67H122O6. The van der Waals surface area contributed by atoms with Crippen LogP contribution in [0.1, 0.15) is 342 Å². The van der Waals surface area contributed by atoms with Crippen molar-refractivity contribution in [3.63, 3.8) is 0 Å². The molecule has 1 atom stereocenters. The van der Waals surface area contributed by atoms with Crippen LogP contribution in [-0.2, 0) is 28.6 Å². The summed E-state index contributed by atoms with van der Waals surface area (Å²) in [6.45, 7) is 6.65. The third-order valence-corrected chi connectivity index (χ3v) is 14.3. The van der Waals surface area contributed by atoms with Gasteiger partial charge in [-0.1, -0.05) is 288 Å². The highest BCUT2D eigenvalue weighted by molar-refractivity contribution is 5.71. The first-order chi connectivity index (χ1) is 36.0. The van der Waals surface area contributed by atoms with E-state index in [0.29, 0.717) is 19.3 Å². The van der Waals surface area contributed by atoms with Gasteiger partial charge in [0, 0.05) is 19.3 Å². The van der Waals surface area contributed by atoms with E-state index in [-0.39, 0.29) is 31.1 Å². The van der Waals surface area contributed by atoms with Gasteiger partial charge >= 0.3 is 17.9 Å². The Morgan fingerprint density at radius 3 is 0.753 bits per heavy atom. The van der Waals surface area contributed by atoms with Crippen molar-refractivity contribution in [3.8, 4) is 0 Å². The maximum absolute atomic E-state index is 12.9. The van der Waals surface area contributed by atoms with E-state index in [1.165, 1.54) is 231 Å². The second-order valence-corrected chi connectivity index (χ2v) is 21.7. The minimum atomic E-state index is -0.774. The third-order valence-electron chi connectivity index (χ3n) is 14.3. The number of carbonyl (C=O) groups excluding carboxylic acids is 3. The van der Waals surface area contributed by atoms with E-state index in [1.54, 1.807) is 0 Å². The van der Waals surface area contributed by atoms with Crippen LogP contribution in [0.4, 0.5) is 0 Å². The molecule has 0 N–H and O–H groups in total. The average Bonchev–Trinajstić information content (AvgIpc) is 3.39. The summed E-state index contributed by atoms with van der Waals surface area (Å²) in [5.74, 6) is -0.860. The van der Waals surface area contributed by atoms with Crippen LogP contribution in [0, 0.1) is 0 Å². The molecule has 6 heteroatoms. The highest BCUT2D eigenvalue weighted by atomic mass is 16.6. The first-order valence-electron chi connectivity index (χ1n) is 32.1. The molecule has 73 heavy (non-hydrogen) atoms. The zero-order valence-electron chi connectivity index (χ0n) is 48.9. The highest BCUT2D eigenvalue weighted by Gasteiger charge is 2.19. The van der Waals surface area contributed by atoms with E-state index >= 15 is 0 Å². The molecule has 0 aliphatic rings. The van der Waals surface area contributed by atoms with E-state index < -0.39 is 6.10 Å². The maximum atomic E-state index is 12.9. The Morgan fingerprint density at radius 1 is 0.274 bits per heavy atom. The van der Waals surface area contributed by atoms with Crippen molar-refractivity contribution < 1.29 is 28.6 Å². The number of hydrogen-bond acceptors (Lipinski definition) is 6. The number of ether oxygens (including phenoxy) is 3. The maximum Gasteiger partial charge on any atom is 0.306 e. The monoisotopic (exact) mass is 1020 g/mol. The molecule has 0 aromatic heterocycles. The Hall–Kier alpha value is -2.63. The summed E-state index contributed by atoms with van der Waals surface area (Å²) in [5, 5.41) is 0. The molecule has 0 spiro atoms. The van der Waals surface area contributed by atoms with Gasteiger partial charge < -0.3 is 14.2 Å². The number of unbranched alkanes of at least 4 members (excludes halogenated alkanes) is 40. The minimum Gasteiger partial charge on any atom is -0.462 e. The molecule has 1 unspecified atom stereocenters. The van der Waals surface area contributed by atoms with Gasteiger partial charge in [-0.15, -0.1) is 0 Å². The molecule has 0 aliphatic heterocycles. The molecule has 0 bridgehead atoms. The second kappa shape index (κ2) is 61.9. The first-order valence-corrected chi connectivity index (χ1v) is 32.1. The lowest BCUT2D eigenvalue weighted by Gasteiger charge is -2.18. The van der Waals surface area contributed by atoms with Crippen LogP contribution in [0.3, 0.4) is 0 Å². The lowest BCUT2D eigenvalue weighted by atomic mass is 10.0. The molecular weight excluding hydrogens is 901 g/mol. The fourth-order valence-corrected chi connectivity index (χ4v) is 9.45. The SMILES string of the molecule is CCCCCCC/C=C\C/C=C\CCCCCCCCCCCCCC(=O)OCC(COC(=O)CCCCCCCCCCCCC)OC(=O)CCCCCCCCCCC/C=C\C/C=C\CCCCCCC. The topological polar surface area (TPSA) is 78.9 Å². The molecule has 0 heterocycles. The van der Waals surface area contributed by atoms with E-state index in [1.807, 2.05) is 0 Å². The largest absolute Gasteiger partial charge is 0.462 e. The molecule has 0 aliphatic carbocycles. The van der Waals surface area contributed by atoms with Crippen LogP contribution in [0.25, 0.3) is 0 Å². The molecule has 0 aromatic rings. The Bertz CT molecular complexity index is 1270. The van der Waals surface area contributed by atoms with Crippen LogP contribution >= 0.6 is 0 Å². The summed E-state index contributed by atoms with van der Waals surface area (Å²) in [4.78, 5) is 38.3. The van der Waals surface area contributed by atoms with Crippen LogP contribution in [0.2, 0.25) is 0 Å². The van der Waals surface area contributed by atoms with Crippen molar-refractivity contribution in [1.82, 2.24) is 0 Å². The van der Waals surface area contributed by atoms with Crippen molar-refractivity contribution >= 4 is 17.9 Å². The fraction of sp³-hybridized carbons (Fsp3) is 0.836. The van der Waals surface area contributed by atoms with E-state index in [9.17, 15) is 14.4 Å². The van der Waals surface area contributed by atoms with Crippen LogP contribution in [-0.4, -0.2) is 37.2 Å². The van der Waals surface area contributed by atoms with Crippen molar-refractivity contribution in [2.75, 3.05) is 13.2 Å². The fourth-order valence-electron chi connectivity index (χ4n) is 9.45. The van der Waals surface area contributed by atoms with Crippen molar-refractivity contribution in [3.05, 3.63) is 48.6 Å². The Labute approximate surface area is 454 Å². The second-order valence-electron chi connectivity index (χ2n) is 21.7. The lowest BCUT2D eigenvalue weighted by molar-refractivity contribution is -0.167. The predicted molar refractivity (Wildman–Crippen MR) is 316 cm³/mol. The molecule has 0 rings (SSSR count). The van der Waals surface area contributed by atoms with Crippen LogP contribution in [0.15, 0.2) is 48.6 Å². The Kier molecular flexibility index (Phi) is 59.7. The van der Waals surface area contributed by atoms with Crippen LogP contribution < -0.4 is 0 Å². The summed E-state index contributed by atoms with van der Waals surface area (Å²) in [5.41, 5.74) is 0. The number of esters is 3. The smallest absolute Gasteiger partial charge is 0.306 e. The van der Waals surface area contributed by atoms with Gasteiger partial charge in [0.1, 0.15) is 13.2 Å². The summed E-state index contributed by atoms with van der Waals surface area (Å²) in [6.07, 6.45) is 76.9. The summed E-state index contributed by atoms with van der Waals surface area (Å²) < 4.78 is 16.9. The van der Waals surface area contributed by atoms with E-state index in [2.05, 4.69) is 69.4 Å². The third kappa shape index (κ3) is 60.1. The van der Waals surface area contributed by atoms with E-state index in [0.717, 1.165) is 70.6 Å². The number of allylic oxidation sites excluding steroid dienone is 8. The standard InChI is InChI=1S/C67H122O6/c1-4-7-10-13-16-19-22-24-26-28-30-32-33-35-36-38-40-42-45-48-51-54-57-60-66(69)72-63-64(62-71-65(68)59-56-53-50-47-44-21-18-15-12-9-6-3)73-67(70)61-58-55-52-49-46-43-41-39-37-34-31-29-27-25-23-20-17-14-11-8-5-2/h22-25,28-31,64H,4-21,26-27,32-63H2,1-3H3/b24-22-,25-23-,30-28-,31-29-. The zero-order chi connectivity index (χ0) is 52.9. The Morgan fingerprint density at radius 2 is 0.493 bits per heavy atom. The van der Waals surface area contributed by atoms with Gasteiger partial charge in [-0.25, -0.2) is 0 Å². The summed E-state index contributed by atoms with van der Waals surface area (Å²) in [7, 11) is 0. The number of hydrogen-bond donors (Lipinski definition) is 0. The summed E-state index contributed by atoms with van der Waals surface area (Å²) in [6, 6.07) is 0. The average molecular weight is 1020 g/mol. The van der Waals surface area contributed by atoms with Crippen LogP contribution in [0.5, 0.6) is 0 Å². The molecule has 0 amide bonds. The zero-order valence-corrected chi connectivity index (χ0v) is 48.9. The molecule has 0 aromatic carbocycles.